The molecule has 1 fully saturated rings. The van der Waals surface area contributed by atoms with Gasteiger partial charge in [-0.15, -0.1) is 10.2 Å². The van der Waals surface area contributed by atoms with Crippen molar-refractivity contribution in [3.8, 4) is 0 Å². The first kappa shape index (κ1) is 17.0. The number of rotatable bonds is 6. The van der Waals surface area contributed by atoms with Gasteiger partial charge >= 0.3 is 0 Å². The van der Waals surface area contributed by atoms with E-state index < -0.39 is 0 Å². The summed E-state index contributed by atoms with van der Waals surface area (Å²) in [5.74, 6) is 1.02. The van der Waals surface area contributed by atoms with Crippen molar-refractivity contribution in [1.82, 2.24) is 24.7 Å². The van der Waals surface area contributed by atoms with Crippen molar-refractivity contribution in [3.05, 3.63) is 54.0 Å². The van der Waals surface area contributed by atoms with E-state index in [0.717, 1.165) is 43.2 Å². The molecule has 1 atom stereocenters. The van der Waals surface area contributed by atoms with Gasteiger partial charge in [0.25, 0.3) is 0 Å². The largest absolute Gasteiger partial charge is 0.382 e. The third-order valence-electron chi connectivity index (χ3n) is 5.08. The van der Waals surface area contributed by atoms with Crippen LogP contribution in [-0.4, -0.2) is 44.3 Å². The highest BCUT2D eigenvalue weighted by molar-refractivity contribution is 5.66. The molecule has 2 aromatic heterocycles. The molecule has 1 unspecified atom stereocenters. The van der Waals surface area contributed by atoms with Crippen molar-refractivity contribution in [1.29, 1.82) is 0 Å². The second kappa shape index (κ2) is 7.41. The van der Waals surface area contributed by atoms with E-state index in [-0.39, 0.29) is 0 Å². The van der Waals surface area contributed by atoms with E-state index in [1.807, 2.05) is 0 Å². The fraction of sp³-hybridized carbons (Fsp3) is 0.450. The van der Waals surface area contributed by atoms with Crippen molar-refractivity contribution in [3.63, 3.8) is 0 Å². The lowest BCUT2D eigenvalue weighted by atomic mass is 10.1. The molecule has 1 aromatic carbocycles. The number of nitrogens with zero attached hydrogens (tertiary/aromatic N) is 5. The number of benzene rings is 1. The second-order valence-corrected chi connectivity index (χ2v) is 7.49. The molecule has 136 valence electrons. The number of hydrogen-bond donors (Lipinski definition) is 1. The molecule has 3 heterocycles. The van der Waals surface area contributed by atoms with Crippen molar-refractivity contribution in [2.45, 2.75) is 32.7 Å². The number of nitrogens with one attached hydrogen (secondary N) is 1. The van der Waals surface area contributed by atoms with Crippen LogP contribution in [0.4, 0.5) is 5.69 Å². The molecule has 6 nitrogen and oxygen atoms in total. The fourth-order valence-corrected chi connectivity index (χ4v) is 3.58. The Labute approximate surface area is 154 Å². The van der Waals surface area contributed by atoms with Crippen molar-refractivity contribution < 1.29 is 0 Å². The van der Waals surface area contributed by atoms with Crippen LogP contribution in [0.5, 0.6) is 0 Å². The predicted molar refractivity (Wildman–Crippen MR) is 103 cm³/mol. The van der Waals surface area contributed by atoms with E-state index >= 15 is 0 Å². The van der Waals surface area contributed by atoms with Crippen LogP contribution in [0.2, 0.25) is 0 Å². The first-order valence-corrected chi connectivity index (χ1v) is 9.40. The van der Waals surface area contributed by atoms with Crippen molar-refractivity contribution >= 4 is 11.3 Å². The molecule has 4 rings (SSSR count). The van der Waals surface area contributed by atoms with E-state index in [2.05, 4.69) is 75.8 Å². The van der Waals surface area contributed by atoms with Gasteiger partial charge in [0, 0.05) is 19.6 Å². The van der Waals surface area contributed by atoms with Crippen LogP contribution < -0.4 is 5.32 Å². The molecule has 0 amide bonds. The fourth-order valence-electron chi connectivity index (χ4n) is 3.58. The summed E-state index contributed by atoms with van der Waals surface area (Å²) in [5, 5.41) is 16.4. The summed E-state index contributed by atoms with van der Waals surface area (Å²) in [7, 11) is 0. The van der Waals surface area contributed by atoms with Gasteiger partial charge in [0.2, 0.25) is 5.65 Å². The zero-order valence-electron chi connectivity index (χ0n) is 15.5. The molecule has 1 aliphatic heterocycles. The standard InChI is InChI=1S/C20H26N6/c1-15(2)18-10-19(20-23-22-14-26(20)24-18)21-11-17-8-9-25(13-17)12-16-6-4-3-5-7-16/h3-7,10,14-15,17,21H,8-9,11-13H2,1-2H3. The van der Waals surface area contributed by atoms with Gasteiger partial charge in [0.05, 0.1) is 11.4 Å². The van der Waals surface area contributed by atoms with Crippen molar-refractivity contribution in [2.24, 2.45) is 5.92 Å². The average Bonchev–Trinajstić information content (AvgIpc) is 3.29. The van der Waals surface area contributed by atoms with Crippen molar-refractivity contribution in [2.75, 3.05) is 25.0 Å². The van der Waals surface area contributed by atoms with E-state index in [1.54, 1.807) is 10.8 Å². The molecule has 0 bridgehead atoms. The van der Waals surface area contributed by atoms with Crippen LogP contribution in [-0.2, 0) is 6.54 Å². The third-order valence-corrected chi connectivity index (χ3v) is 5.08. The lowest BCUT2D eigenvalue weighted by Crippen LogP contribution is -2.22. The van der Waals surface area contributed by atoms with Crippen LogP contribution in [0.25, 0.3) is 5.65 Å². The lowest BCUT2D eigenvalue weighted by molar-refractivity contribution is 0.319. The molecule has 1 N–H and O–H groups in total. The lowest BCUT2D eigenvalue weighted by Gasteiger charge is -2.17. The number of hydrogen-bond acceptors (Lipinski definition) is 5. The summed E-state index contributed by atoms with van der Waals surface area (Å²) in [5.41, 5.74) is 4.27. The quantitative estimate of drug-likeness (QED) is 0.740. The molecule has 1 saturated heterocycles. The second-order valence-electron chi connectivity index (χ2n) is 7.49. The minimum atomic E-state index is 0.371. The highest BCUT2D eigenvalue weighted by atomic mass is 15.3. The van der Waals surface area contributed by atoms with Crippen LogP contribution in [0, 0.1) is 5.92 Å². The molecule has 1 aliphatic rings. The van der Waals surface area contributed by atoms with Gasteiger partial charge in [0.15, 0.2) is 0 Å². The van der Waals surface area contributed by atoms with Gasteiger partial charge < -0.3 is 5.32 Å². The molecule has 0 radical (unpaired) electrons. The molecular weight excluding hydrogens is 324 g/mol. The maximum absolute atomic E-state index is 4.58. The number of aromatic nitrogens is 4. The summed E-state index contributed by atoms with van der Waals surface area (Å²) in [6, 6.07) is 12.8. The van der Waals surface area contributed by atoms with Crippen LogP contribution in [0.1, 0.15) is 37.4 Å². The summed E-state index contributed by atoms with van der Waals surface area (Å²) < 4.78 is 1.77. The van der Waals surface area contributed by atoms with Gasteiger partial charge in [-0.3, -0.25) is 4.90 Å². The highest BCUT2D eigenvalue weighted by Gasteiger charge is 2.22. The van der Waals surface area contributed by atoms with Gasteiger partial charge in [-0.1, -0.05) is 44.2 Å². The zero-order chi connectivity index (χ0) is 17.9. The Morgan fingerprint density at radius 3 is 2.88 bits per heavy atom. The van der Waals surface area contributed by atoms with E-state index in [9.17, 15) is 0 Å². The SMILES string of the molecule is CC(C)c1cc(NCC2CCN(Cc3ccccc3)C2)c2nncn2n1. The molecule has 26 heavy (non-hydrogen) atoms. The van der Waals surface area contributed by atoms with E-state index in [4.69, 9.17) is 0 Å². The number of likely N-dealkylation sites (tertiary alicyclic amines) is 1. The first-order valence-electron chi connectivity index (χ1n) is 9.40. The third kappa shape index (κ3) is 3.70. The predicted octanol–water partition coefficient (Wildman–Crippen LogP) is 3.18. The number of fused-ring (bicyclic) bond motifs is 1. The minimum Gasteiger partial charge on any atom is -0.382 e. The smallest absolute Gasteiger partial charge is 0.200 e. The summed E-state index contributed by atoms with van der Waals surface area (Å²) >= 11 is 0. The Balaban J connectivity index is 1.39. The minimum absolute atomic E-state index is 0.371. The molecule has 3 aromatic rings. The molecule has 0 spiro atoms. The highest BCUT2D eigenvalue weighted by Crippen LogP contribution is 2.23. The van der Waals surface area contributed by atoms with Gasteiger partial charge in [-0.05, 0) is 36.4 Å². The zero-order valence-corrected chi connectivity index (χ0v) is 15.5. The average molecular weight is 350 g/mol. The topological polar surface area (TPSA) is 58.3 Å². The normalized spacial score (nSPS) is 18.0. The maximum atomic E-state index is 4.58. The summed E-state index contributed by atoms with van der Waals surface area (Å²) in [6.45, 7) is 8.59. The number of anilines is 1. The molecule has 6 heteroatoms. The molecular formula is C20H26N6. The van der Waals surface area contributed by atoms with Crippen LogP contribution in [0.15, 0.2) is 42.7 Å². The van der Waals surface area contributed by atoms with E-state index in [0.29, 0.717) is 11.8 Å². The Morgan fingerprint density at radius 1 is 1.23 bits per heavy atom. The Bertz CT molecular complexity index is 857. The summed E-state index contributed by atoms with van der Waals surface area (Å²) in [6.07, 6.45) is 2.90. The summed E-state index contributed by atoms with van der Waals surface area (Å²) in [4.78, 5) is 2.54. The maximum Gasteiger partial charge on any atom is 0.200 e. The van der Waals surface area contributed by atoms with Gasteiger partial charge in [-0.2, -0.15) is 9.61 Å². The monoisotopic (exact) mass is 350 g/mol. The van der Waals surface area contributed by atoms with Crippen LogP contribution in [0.3, 0.4) is 0 Å². The van der Waals surface area contributed by atoms with Gasteiger partial charge in [0.1, 0.15) is 6.33 Å². The Hall–Kier alpha value is -2.47. The van der Waals surface area contributed by atoms with Gasteiger partial charge in [-0.25, -0.2) is 0 Å². The van der Waals surface area contributed by atoms with E-state index in [1.165, 1.54) is 12.0 Å². The first-order chi connectivity index (χ1) is 12.7. The Kier molecular flexibility index (Phi) is 4.84. The van der Waals surface area contributed by atoms with Crippen LogP contribution >= 0.6 is 0 Å². The molecule has 0 aliphatic carbocycles. The Morgan fingerprint density at radius 2 is 2.08 bits per heavy atom. The molecule has 0 saturated carbocycles.